The fourth-order valence-corrected chi connectivity index (χ4v) is 8.44. The van der Waals surface area contributed by atoms with Crippen molar-refractivity contribution in [3.8, 4) is 0 Å². The Labute approximate surface area is 387 Å². The Morgan fingerprint density at radius 1 is 0.323 bits per heavy atom. The maximum absolute atomic E-state index is 12.8. The summed E-state index contributed by atoms with van der Waals surface area (Å²) in [6, 6.07) is 0. The van der Waals surface area contributed by atoms with Gasteiger partial charge in [-0.15, -0.1) is 0 Å². The molecule has 0 aliphatic heterocycles. The number of rotatable bonds is 49. The molecule has 0 radical (unpaired) electrons. The smallest absolute Gasteiger partial charge is 0.306 e. The first-order chi connectivity index (χ1) is 30.1. The van der Waals surface area contributed by atoms with Gasteiger partial charge in [-0.3, -0.25) is 14.4 Å². The molecule has 1 unspecified atom stereocenters. The molecule has 0 fully saturated rings. The SMILES string of the molecule is CCC(C)CCCCCCCCC(=O)OC[C@H](COC(=O)CCCCCCCCCCCCCCC(C)C)OC(=O)CCCCCCCCCCCCCCCCCCC(C)C. The van der Waals surface area contributed by atoms with Gasteiger partial charge in [0.05, 0.1) is 0 Å². The van der Waals surface area contributed by atoms with Gasteiger partial charge in [-0.1, -0.05) is 266 Å². The van der Waals surface area contributed by atoms with Crippen molar-refractivity contribution >= 4 is 17.9 Å². The number of esters is 3. The summed E-state index contributed by atoms with van der Waals surface area (Å²) >= 11 is 0. The summed E-state index contributed by atoms with van der Waals surface area (Å²) in [6.45, 7) is 13.7. The molecule has 0 saturated heterocycles. The molecule has 2 atom stereocenters. The van der Waals surface area contributed by atoms with Crippen LogP contribution in [0.5, 0.6) is 0 Å². The van der Waals surface area contributed by atoms with Gasteiger partial charge < -0.3 is 14.2 Å². The van der Waals surface area contributed by atoms with E-state index in [1.165, 1.54) is 186 Å². The highest BCUT2D eigenvalue weighted by Crippen LogP contribution is 2.18. The van der Waals surface area contributed by atoms with E-state index in [9.17, 15) is 14.4 Å². The van der Waals surface area contributed by atoms with Crippen molar-refractivity contribution in [2.75, 3.05) is 13.2 Å². The Bertz CT molecular complexity index is 962. The van der Waals surface area contributed by atoms with E-state index in [2.05, 4.69) is 41.5 Å². The Morgan fingerprint density at radius 3 is 0.839 bits per heavy atom. The van der Waals surface area contributed by atoms with Gasteiger partial charge in [0, 0.05) is 19.3 Å². The predicted molar refractivity (Wildman–Crippen MR) is 266 cm³/mol. The van der Waals surface area contributed by atoms with Crippen LogP contribution in [0.1, 0.15) is 305 Å². The summed E-state index contributed by atoms with van der Waals surface area (Å²) in [5, 5.41) is 0. The summed E-state index contributed by atoms with van der Waals surface area (Å²) in [5.41, 5.74) is 0. The molecule has 0 aliphatic carbocycles. The third-order valence-electron chi connectivity index (χ3n) is 13.0. The molecular formula is C56H108O6. The first kappa shape index (κ1) is 60.4. The zero-order chi connectivity index (χ0) is 45.6. The quantitative estimate of drug-likeness (QED) is 0.0344. The second-order valence-electron chi connectivity index (χ2n) is 20.4. The number of carbonyl (C=O) groups excluding carboxylic acids is 3. The molecule has 6 heteroatoms. The topological polar surface area (TPSA) is 78.9 Å². The van der Waals surface area contributed by atoms with E-state index < -0.39 is 6.10 Å². The molecule has 6 nitrogen and oxygen atoms in total. The number of ether oxygens (including phenoxy) is 3. The van der Waals surface area contributed by atoms with Gasteiger partial charge in [-0.25, -0.2) is 0 Å². The van der Waals surface area contributed by atoms with E-state index in [0.29, 0.717) is 19.3 Å². The molecule has 368 valence electrons. The summed E-state index contributed by atoms with van der Waals surface area (Å²) in [7, 11) is 0. The second kappa shape index (κ2) is 47.4. The monoisotopic (exact) mass is 877 g/mol. The first-order valence-corrected chi connectivity index (χ1v) is 27.6. The van der Waals surface area contributed by atoms with Crippen molar-refractivity contribution in [1.29, 1.82) is 0 Å². The zero-order valence-corrected chi connectivity index (χ0v) is 42.7. The lowest BCUT2D eigenvalue weighted by atomic mass is 10.00. The van der Waals surface area contributed by atoms with Crippen LogP contribution in [0, 0.1) is 17.8 Å². The minimum Gasteiger partial charge on any atom is -0.462 e. The van der Waals surface area contributed by atoms with Crippen LogP contribution in [0.3, 0.4) is 0 Å². The minimum atomic E-state index is -0.763. The summed E-state index contributed by atoms with van der Waals surface area (Å²) in [6.07, 6.45) is 48.1. The highest BCUT2D eigenvalue weighted by Gasteiger charge is 2.19. The summed E-state index contributed by atoms with van der Waals surface area (Å²) < 4.78 is 16.8. The molecule has 0 amide bonds. The largest absolute Gasteiger partial charge is 0.462 e. The van der Waals surface area contributed by atoms with E-state index in [-0.39, 0.29) is 31.1 Å². The van der Waals surface area contributed by atoms with E-state index in [0.717, 1.165) is 75.5 Å². The van der Waals surface area contributed by atoms with Crippen molar-refractivity contribution in [2.45, 2.75) is 311 Å². The molecule has 0 rings (SSSR count). The Hall–Kier alpha value is -1.59. The third kappa shape index (κ3) is 47.9. The van der Waals surface area contributed by atoms with Crippen LogP contribution >= 0.6 is 0 Å². The van der Waals surface area contributed by atoms with E-state index in [4.69, 9.17) is 14.2 Å². The lowest BCUT2D eigenvalue weighted by molar-refractivity contribution is -0.167. The van der Waals surface area contributed by atoms with Crippen LogP contribution < -0.4 is 0 Å². The maximum Gasteiger partial charge on any atom is 0.306 e. The second-order valence-corrected chi connectivity index (χ2v) is 20.4. The predicted octanol–water partition coefficient (Wildman–Crippen LogP) is 17.9. The van der Waals surface area contributed by atoms with Gasteiger partial charge in [0.2, 0.25) is 0 Å². The standard InChI is InChI=1S/C56H108O6/c1-7-52(6)44-38-32-28-29-34-40-46-55(58)61-49-53(48-60-54(57)45-39-33-26-22-18-15-14-17-21-25-31-37-43-51(4)5)62-56(59)47-41-35-27-23-19-13-11-9-8-10-12-16-20-24-30-36-42-50(2)3/h50-53H,7-49H2,1-6H3/t52?,53-/m0/s1. The normalized spacial score (nSPS) is 12.6. The van der Waals surface area contributed by atoms with Gasteiger partial charge in [-0.2, -0.15) is 0 Å². The first-order valence-electron chi connectivity index (χ1n) is 27.6. The molecule has 0 saturated carbocycles. The van der Waals surface area contributed by atoms with Crippen molar-refractivity contribution in [3.05, 3.63) is 0 Å². The zero-order valence-electron chi connectivity index (χ0n) is 42.7. The van der Waals surface area contributed by atoms with Crippen LogP contribution in [0.25, 0.3) is 0 Å². The lowest BCUT2D eigenvalue weighted by Gasteiger charge is -2.18. The number of hydrogen-bond acceptors (Lipinski definition) is 6. The van der Waals surface area contributed by atoms with Crippen LogP contribution in [0.4, 0.5) is 0 Å². The molecular weight excluding hydrogens is 769 g/mol. The van der Waals surface area contributed by atoms with Crippen LogP contribution in [-0.4, -0.2) is 37.2 Å². The molecule has 0 N–H and O–H groups in total. The molecule has 62 heavy (non-hydrogen) atoms. The maximum atomic E-state index is 12.8. The molecule has 0 aromatic heterocycles. The van der Waals surface area contributed by atoms with Crippen LogP contribution in [0.2, 0.25) is 0 Å². The van der Waals surface area contributed by atoms with E-state index in [1.54, 1.807) is 0 Å². The van der Waals surface area contributed by atoms with Crippen molar-refractivity contribution in [1.82, 2.24) is 0 Å². The average molecular weight is 877 g/mol. The highest BCUT2D eigenvalue weighted by atomic mass is 16.6. The highest BCUT2D eigenvalue weighted by molar-refractivity contribution is 5.71. The van der Waals surface area contributed by atoms with E-state index in [1.807, 2.05) is 0 Å². The molecule has 0 heterocycles. The fourth-order valence-electron chi connectivity index (χ4n) is 8.44. The van der Waals surface area contributed by atoms with Crippen LogP contribution in [0.15, 0.2) is 0 Å². The Kier molecular flexibility index (Phi) is 46.2. The van der Waals surface area contributed by atoms with Gasteiger partial charge >= 0.3 is 17.9 Å². The summed E-state index contributed by atoms with van der Waals surface area (Å²) in [5.74, 6) is 1.65. The van der Waals surface area contributed by atoms with Gasteiger partial charge in [0.25, 0.3) is 0 Å². The number of carbonyl (C=O) groups is 3. The van der Waals surface area contributed by atoms with Crippen molar-refractivity contribution in [3.63, 3.8) is 0 Å². The number of unbranched alkanes of at least 4 members (excludes halogenated alkanes) is 31. The average Bonchev–Trinajstić information content (AvgIpc) is 3.24. The molecule has 0 aromatic carbocycles. The molecule has 0 bridgehead atoms. The molecule has 0 spiro atoms. The van der Waals surface area contributed by atoms with Gasteiger partial charge in [-0.05, 0) is 37.0 Å². The van der Waals surface area contributed by atoms with Gasteiger partial charge in [0.15, 0.2) is 6.10 Å². The minimum absolute atomic E-state index is 0.0647. The Morgan fingerprint density at radius 2 is 0.565 bits per heavy atom. The summed E-state index contributed by atoms with van der Waals surface area (Å²) in [4.78, 5) is 38.0. The molecule has 0 aliphatic rings. The lowest BCUT2D eigenvalue weighted by Crippen LogP contribution is -2.30. The van der Waals surface area contributed by atoms with Crippen LogP contribution in [-0.2, 0) is 28.6 Å². The fraction of sp³-hybridized carbons (Fsp3) is 0.946. The van der Waals surface area contributed by atoms with E-state index >= 15 is 0 Å². The third-order valence-corrected chi connectivity index (χ3v) is 13.0. The molecule has 0 aromatic rings. The number of hydrogen-bond donors (Lipinski definition) is 0. The van der Waals surface area contributed by atoms with Crippen molar-refractivity contribution < 1.29 is 28.6 Å². The van der Waals surface area contributed by atoms with Gasteiger partial charge in [0.1, 0.15) is 13.2 Å². The van der Waals surface area contributed by atoms with Crippen molar-refractivity contribution in [2.24, 2.45) is 17.8 Å². The Balaban J connectivity index is 4.26.